The minimum atomic E-state index is 0. The second kappa shape index (κ2) is 8.53. The summed E-state index contributed by atoms with van der Waals surface area (Å²) in [5.74, 6) is 1.93. The van der Waals surface area contributed by atoms with Crippen LogP contribution in [0.2, 0.25) is 0 Å². The lowest BCUT2D eigenvalue weighted by molar-refractivity contribution is -0.0667. The molecule has 0 radical (unpaired) electrons. The SMILES string of the molecule is CCNC(=NCCCn1nc2n(c1=O)CCCC2)N1CC(C)(C)C1(C)C.I. The molecule has 3 rings (SSSR count). The number of nitrogens with one attached hydrogen (secondary N) is 1. The van der Waals surface area contributed by atoms with Gasteiger partial charge in [-0.05, 0) is 40.0 Å². The van der Waals surface area contributed by atoms with Gasteiger partial charge in [-0.2, -0.15) is 5.10 Å². The predicted molar refractivity (Wildman–Crippen MR) is 120 cm³/mol. The first-order valence-electron chi connectivity index (χ1n) is 10.0. The summed E-state index contributed by atoms with van der Waals surface area (Å²) in [6.07, 6.45) is 3.96. The van der Waals surface area contributed by atoms with E-state index in [0.717, 1.165) is 57.1 Å². The molecule has 27 heavy (non-hydrogen) atoms. The van der Waals surface area contributed by atoms with E-state index in [2.05, 4.69) is 49.9 Å². The molecule has 0 saturated carbocycles. The number of fused-ring (bicyclic) bond motifs is 1. The van der Waals surface area contributed by atoms with Crippen molar-refractivity contribution in [2.75, 3.05) is 19.6 Å². The van der Waals surface area contributed by atoms with Crippen LogP contribution in [0.25, 0.3) is 0 Å². The van der Waals surface area contributed by atoms with Crippen molar-refractivity contribution in [1.82, 2.24) is 24.6 Å². The molecule has 0 bridgehead atoms. The number of aromatic nitrogens is 3. The molecule has 0 atom stereocenters. The molecular formula is C19H35IN6O. The summed E-state index contributed by atoms with van der Waals surface area (Å²) in [5, 5.41) is 7.92. The lowest BCUT2D eigenvalue weighted by Gasteiger charge is -2.62. The van der Waals surface area contributed by atoms with Crippen LogP contribution in [0.15, 0.2) is 9.79 Å². The summed E-state index contributed by atoms with van der Waals surface area (Å²) in [5.41, 5.74) is 0.418. The highest BCUT2D eigenvalue weighted by Crippen LogP contribution is 2.46. The molecule has 1 N–H and O–H groups in total. The molecule has 1 aromatic heterocycles. The molecule has 1 aromatic rings. The van der Waals surface area contributed by atoms with Crippen molar-refractivity contribution in [2.24, 2.45) is 10.4 Å². The average Bonchev–Trinajstić information content (AvgIpc) is 2.92. The van der Waals surface area contributed by atoms with Gasteiger partial charge in [-0.1, -0.05) is 13.8 Å². The zero-order chi connectivity index (χ0) is 18.9. The van der Waals surface area contributed by atoms with Crippen LogP contribution in [-0.4, -0.2) is 50.4 Å². The highest BCUT2D eigenvalue weighted by molar-refractivity contribution is 14.0. The standard InChI is InChI=1S/C19H34N6O.HI/c1-6-20-16(24-14-18(2,3)19(24,4)5)21-11-9-13-25-17(26)23-12-8-7-10-15(23)22-25;/h6-14H2,1-5H3,(H,20,21);1H. The minimum Gasteiger partial charge on any atom is -0.356 e. The van der Waals surface area contributed by atoms with Crippen molar-refractivity contribution in [3.05, 3.63) is 16.3 Å². The zero-order valence-corrected chi connectivity index (χ0v) is 19.7. The second-order valence-corrected chi connectivity index (χ2v) is 8.65. The normalized spacial score (nSPS) is 20.5. The van der Waals surface area contributed by atoms with Crippen LogP contribution >= 0.6 is 24.0 Å². The number of rotatable bonds is 5. The molecule has 154 valence electrons. The van der Waals surface area contributed by atoms with E-state index in [9.17, 15) is 4.79 Å². The number of aryl methyl sites for hydroxylation is 2. The first-order chi connectivity index (χ1) is 12.3. The summed E-state index contributed by atoms with van der Waals surface area (Å²) in [7, 11) is 0. The van der Waals surface area contributed by atoms with Gasteiger partial charge in [0.05, 0.1) is 0 Å². The smallest absolute Gasteiger partial charge is 0.345 e. The van der Waals surface area contributed by atoms with E-state index in [-0.39, 0.29) is 40.6 Å². The quantitative estimate of drug-likeness (QED) is 0.298. The second-order valence-electron chi connectivity index (χ2n) is 8.65. The van der Waals surface area contributed by atoms with Gasteiger partial charge in [0, 0.05) is 50.1 Å². The maximum atomic E-state index is 12.4. The maximum Gasteiger partial charge on any atom is 0.345 e. The third kappa shape index (κ3) is 4.19. The predicted octanol–water partition coefficient (Wildman–Crippen LogP) is 2.48. The van der Waals surface area contributed by atoms with E-state index < -0.39 is 0 Å². The molecule has 0 aliphatic carbocycles. The molecule has 2 aliphatic rings. The van der Waals surface area contributed by atoms with Gasteiger partial charge >= 0.3 is 5.69 Å². The lowest BCUT2D eigenvalue weighted by atomic mass is 9.65. The average molecular weight is 490 g/mol. The van der Waals surface area contributed by atoms with Crippen LogP contribution in [-0.2, 0) is 19.5 Å². The van der Waals surface area contributed by atoms with Crippen molar-refractivity contribution >= 4 is 29.9 Å². The van der Waals surface area contributed by atoms with E-state index in [1.807, 2.05) is 4.57 Å². The molecule has 0 unspecified atom stereocenters. The third-order valence-corrected chi connectivity index (χ3v) is 6.30. The molecule has 7 nitrogen and oxygen atoms in total. The summed E-state index contributed by atoms with van der Waals surface area (Å²) in [6.45, 7) is 15.3. The number of guanidine groups is 1. The Bertz CT molecular complexity index is 733. The maximum absolute atomic E-state index is 12.4. The number of hydrogen-bond donors (Lipinski definition) is 1. The fourth-order valence-corrected chi connectivity index (χ4v) is 3.79. The first-order valence-corrected chi connectivity index (χ1v) is 10.0. The summed E-state index contributed by atoms with van der Waals surface area (Å²) in [4.78, 5) is 19.5. The fourth-order valence-electron chi connectivity index (χ4n) is 3.79. The number of aliphatic imine (C=N–C) groups is 1. The number of likely N-dealkylation sites (tertiary alicyclic amines) is 1. The van der Waals surface area contributed by atoms with Crippen LogP contribution in [0, 0.1) is 5.41 Å². The monoisotopic (exact) mass is 490 g/mol. The summed E-state index contributed by atoms with van der Waals surface area (Å²) >= 11 is 0. The summed E-state index contributed by atoms with van der Waals surface area (Å²) < 4.78 is 3.46. The van der Waals surface area contributed by atoms with Crippen molar-refractivity contribution in [1.29, 1.82) is 0 Å². The molecule has 0 amide bonds. The Kier molecular flexibility index (Phi) is 7.02. The van der Waals surface area contributed by atoms with Gasteiger partial charge in [-0.3, -0.25) is 9.56 Å². The van der Waals surface area contributed by atoms with Gasteiger partial charge in [0.2, 0.25) is 0 Å². The van der Waals surface area contributed by atoms with Crippen LogP contribution in [0.4, 0.5) is 0 Å². The Balaban J connectivity index is 0.00000261. The topological polar surface area (TPSA) is 67.5 Å². The van der Waals surface area contributed by atoms with E-state index in [0.29, 0.717) is 13.1 Å². The van der Waals surface area contributed by atoms with Gasteiger partial charge in [0.25, 0.3) is 0 Å². The number of hydrogen-bond acceptors (Lipinski definition) is 3. The van der Waals surface area contributed by atoms with Crippen LogP contribution in [0.3, 0.4) is 0 Å². The molecule has 3 heterocycles. The molecule has 2 aliphatic heterocycles. The van der Waals surface area contributed by atoms with Crippen molar-refractivity contribution in [3.63, 3.8) is 0 Å². The van der Waals surface area contributed by atoms with Gasteiger partial charge in [-0.25, -0.2) is 9.48 Å². The van der Waals surface area contributed by atoms with Gasteiger partial charge in [0.15, 0.2) is 5.96 Å². The van der Waals surface area contributed by atoms with Gasteiger partial charge in [-0.15, -0.1) is 24.0 Å². The Hall–Kier alpha value is -1.06. The van der Waals surface area contributed by atoms with Gasteiger partial charge < -0.3 is 10.2 Å². The zero-order valence-electron chi connectivity index (χ0n) is 17.4. The fraction of sp³-hybridized carbons (Fsp3) is 0.842. The minimum absolute atomic E-state index is 0. The highest BCUT2D eigenvalue weighted by atomic mass is 127. The molecule has 0 aromatic carbocycles. The largest absolute Gasteiger partial charge is 0.356 e. The Labute approximate surface area is 179 Å². The van der Waals surface area contributed by atoms with Crippen molar-refractivity contribution in [3.8, 4) is 0 Å². The Morgan fingerprint density at radius 3 is 2.59 bits per heavy atom. The molecule has 0 spiro atoms. The molecule has 1 saturated heterocycles. The molecule has 1 fully saturated rings. The number of nitrogens with zero attached hydrogens (tertiary/aromatic N) is 5. The van der Waals surface area contributed by atoms with E-state index >= 15 is 0 Å². The van der Waals surface area contributed by atoms with E-state index in [4.69, 9.17) is 4.99 Å². The highest BCUT2D eigenvalue weighted by Gasteiger charge is 2.53. The third-order valence-electron chi connectivity index (χ3n) is 6.30. The van der Waals surface area contributed by atoms with Crippen molar-refractivity contribution < 1.29 is 0 Å². The van der Waals surface area contributed by atoms with Crippen molar-refractivity contribution in [2.45, 2.75) is 78.9 Å². The van der Waals surface area contributed by atoms with Crippen LogP contribution < -0.4 is 11.0 Å². The first kappa shape index (κ1) is 22.2. The van der Waals surface area contributed by atoms with Gasteiger partial charge in [0.1, 0.15) is 5.82 Å². The van der Waals surface area contributed by atoms with Crippen LogP contribution in [0.5, 0.6) is 0 Å². The molecular weight excluding hydrogens is 455 g/mol. The number of halogens is 1. The Morgan fingerprint density at radius 1 is 1.26 bits per heavy atom. The summed E-state index contributed by atoms with van der Waals surface area (Å²) in [6, 6.07) is 0. The van der Waals surface area contributed by atoms with E-state index in [1.165, 1.54) is 0 Å². The Morgan fingerprint density at radius 2 is 2.00 bits per heavy atom. The van der Waals surface area contributed by atoms with E-state index in [1.54, 1.807) is 4.68 Å². The lowest BCUT2D eigenvalue weighted by Crippen LogP contribution is -2.72. The molecule has 8 heteroatoms. The van der Waals surface area contributed by atoms with Crippen LogP contribution in [0.1, 0.15) is 59.7 Å².